The Morgan fingerprint density at radius 1 is 1.11 bits per heavy atom. The zero-order valence-electron chi connectivity index (χ0n) is 15.3. The standard InChI is InChI=1S/C21H20N4O2S/c26-19(23-16-5-2-1-3-6-16)14-28-20-17-7-4-8-18(17)25(21(27)24-20)13-15-9-11-22-12-10-15/h1-3,5-6,9-12H,4,7-8,13-14H2,(H,23,26). The van der Waals surface area contributed by atoms with Gasteiger partial charge in [0.15, 0.2) is 0 Å². The highest BCUT2D eigenvalue weighted by atomic mass is 32.2. The maximum Gasteiger partial charge on any atom is 0.349 e. The number of rotatable bonds is 6. The van der Waals surface area contributed by atoms with Crippen molar-refractivity contribution >= 4 is 23.4 Å². The van der Waals surface area contributed by atoms with Gasteiger partial charge in [0.25, 0.3) is 0 Å². The summed E-state index contributed by atoms with van der Waals surface area (Å²) in [6.45, 7) is 0.496. The molecule has 0 fully saturated rings. The molecule has 0 saturated carbocycles. The number of thioether (sulfide) groups is 1. The van der Waals surface area contributed by atoms with Crippen molar-refractivity contribution in [3.63, 3.8) is 0 Å². The van der Waals surface area contributed by atoms with Gasteiger partial charge >= 0.3 is 5.69 Å². The minimum absolute atomic E-state index is 0.106. The number of hydrogen-bond acceptors (Lipinski definition) is 5. The van der Waals surface area contributed by atoms with Crippen molar-refractivity contribution in [2.45, 2.75) is 30.8 Å². The average Bonchev–Trinajstić information content (AvgIpc) is 3.20. The summed E-state index contributed by atoms with van der Waals surface area (Å²) in [5.41, 5.74) is 3.67. The average molecular weight is 392 g/mol. The van der Waals surface area contributed by atoms with Gasteiger partial charge in [-0.25, -0.2) is 4.79 Å². The molecule has 0 unspecified atom stereocenters. The van der Waals surface area contributed by atoms with E-state index < -0.39 is 0 Å². The van der Waals surface area contributed by atoms with Crippen molar-refractivity contribution in [2.75, 3.05) is 11.1 Å². The van der Waals surface area contributed by atoms with Crippen molar-refractivity contribution in [1.29, 1.82) is 0 Å². The number of benzene rings is 1. The van der Waals surface area contributed by atoms with Crippen molar-refractivity contribution in [2.24, 2.45) is 0 Å². The van der Waals surface area contributed by atoms with E-state index in [2.05, 4.69) is 15.3 Å². The van der Waals surface area contributed by atoms with E-state index in [4.69, 9.17) is 0 Å². The third-order valence-electron chi connectivity index (χ3n) is 4.69. The van der Waals surface area contributed by atoms with Crippen LogP contribution in [0, 0.1) is 0 Å². The molecule has 4 rings (SSSR count). The Morgan fingerprint density at radius 3 is 2.68 bits per heavy atom. The molecule has 0 aliphatic heterocycles. The maximum absolute atomic E-state index is 12.7. The van der Waals surface area contributed by atoms with E-state index in [0.29, 0.717) is 11.6 Å². The van der Waals surface area contributed by atoms with E-state index in [1.165, 1.54) is 11.8 Å². The molecule has 0 saturated heterocycles. The van der Waals surface area contributed by atoms with Crippen molar-refractivity contribution in [1.82, 2.24) is 14.5 Å². The van der Waals surface area contributed by atoms with Gasteiger partial charge in [0.1, 0.15) is 5.03 Å². The van der Waals surface area contributed by atoms with Gasteiger partial charge in [-0.1, -0.05) is 30.0 Å². The first-order chi connectivity index (χ1) is 13.7. The van der Waals surface area contributed by atoms with E-state index in [0.717, 1.165) is 41.8 Å². The molecule has 28 heavy (non-hydrogen) atoms. The summed E-state index contributed by atoms with van der Waals surface area (Å²) in [6, 6.07) is 13.2. The van der Waals surface area contributed by atoms with Gasteiger partial charge in [0.2, 0.25) is 5.91 Å². The Balaban J connectivity index is 1.51. The summed E-state index contributed by atoms with van der Waals surface area (Å²) in [6.07, 6.45) is 6.21. The van der Waals surface area contributed by atoms with Crippen LogP contribution in [0.4, 0.5) is 5.69 Å². The largest absolute Gasteiger partial charge is 0.349 e. The van der Waals surface area contributed by atoms with E-state index in [1.54, 1.807) is 17.0 Å². The van der Waals surface area contributed by atoms with Gasteiger partial charge in [-0.15, -0.1) is 0 Å². The molecule has 2 aromatic heterocycles. The van der Waals surface area contributed by atoms with Crippen molar-refractivity contribution in [3.8, 4) is 0 Å². The highest BCUT2D eigenvalue weighted by molar-refractivity contribution is 8.00. The lowest BCUT2D eigenvalue weighted by Crippen LogP contribution is -2.28. The quantitative estimate of drug-likeness (QED) is 0.516. The van der Waals surface area contributed by atoms with Gasteiger partial charge in [0, 0.05) is 29.3 Å². The Kier molecular flexibility index (Phi) is 5.53. The Labute approximate surface area is 167 Å². The third kappa shape index (κ3) is 4.14. The monoisotopic (exact) mass is 392 g/mol. The molecule has 7 heteroatoms. The number of para-hydroxylation sites is 1. The molecular weight excluding hydrogens is 372 g/mol. The molecular formula is C21H20N4O2S. The number of carbonyl (C=O) groups is 1. The Hall–Kier alpha value is -2.93. The maximum atomic E-state index is 12.7. The van der Waals surface area contributed by atoms with Gasteiger partial charge in [-0.05, 0) is 49.1 Å². The molecule has 0 bridgehead atoms. The zero-order valence-corrected chi connectivity index (χ0v) is 16.1. The second kappa shape index (κ2) is 8.39. The number of carbonyl (C=O) groups excluding carboxylic acids is 1. The minimum atomic E-state index is -0.261. The molecule has 6 nitrogen and oxygen atoms in total. The number of aromatic nitrogens is 3. The van der Waals surface area contributed by atoms with Crippen LogP contribution in [0.5, 0.6) is 0 Å². The lowest BCUT2D eigenvalue weighted by Gasteiger charge is -2.14. The van der Waals surface area contributed by atoms with Gasteiger partial charge in [-0.2, -0.15) is 4.98 Å². The van der Waals surface area contributed by atoms with Crippen LogP contribution < -0.4 is 11.0 Å². The fourth-order valence-corrected chi connectivity index (χ4v) is 4.27. The van der Waals surface area contributed by atoms with Crippen LogP contribution in [0.1, 0.15) is 23.2 Å². The van der Waals surface area contributed by atoms with Crippen molar-refractivity contribution in [3.05, 3.63) is 82.2 Å². The van der Waals surface area contributed by atoms with E-state index >= 15 is 0 Å². The molecule has 1 aromatic carbocycles. The number of nitrogens with one attached hydrogen (secondary N) is 1. The van der Waals surface area contributed by atoms with Crippen LogP contribution in [0.25, 0.3) is 0 Å². The first-order valence-electron chi connectivity index (χ1n) is 9.20. The van der Waals surface area contributed by atoms with Crippen molar-refractivity contribution < 1.29 is 4.79 Å². The van der Waals surface area contributed by atoms with E-state index in [-0.39, 0.29) is 17.3 Å². The smallest absolute Gasteiger partial charge is 0.325 e. The predicted molar refractivity (Wildman–Crippen MR) is 110 cm³/mol. The van der Waals surface area contributed by atoms with Gasteiger partial charge < -0.3 is 5.32 Å². The fourth-order valence-electron chi connectivity index (χ4n) is 3.39. The van der Waals surface area contributed by atoms with Crippen LogP contribution in [0.3, 0.4) is 0 Å². The Bertz CT molecular complexity index is 1040. The number of fused-ring (bicyclic) bond motifs is 1. The highest BCUT2D eigenvalue weighted by Gasteiger charge is 2.22. The first kappa shape index (κ1) is 18.4. The lowest BCUT2D eigenvalue weighted by atomic mass is 10.2. The SMILES string of the molecule is O=C(CSc1nc(=O)n(Cc2ccncc2)c2c1CCC2)Nc1ccccc1. The van der Waals surface area contributed by atoms with Gasteiger partial charge in [0.05, 0.1) is 12.3 Å². The molecule has 3 aromatic rings. The highest BCUT2D eigenvalue weighted by Crippen LogP contribution is 2.29. The second-order valence-electron chi connectivity index (χ2n) is 6.62. The Morgan fingerprint density at radius 2 is 1.89 bits per heavy atom. The molecule has 1 aliphatic rings. The summed E-state index contributed by atoms with van der Waals surface area (Å²) in [7, 11) is 0. The van der Waals surface area contributed by atoms with Crippen LogP contribution in [-0.2, 0) is 24.2 Å². The number of anilines is 1. The summed E-state index contributed by atoms with van der Waals surface area (Å²) < 4.78 is 1.76. The topological polar surface area (TPSA) is 76.9 Å². The number of amides is 1. The number of pyridine rings is 1. The number of nitrogens with zero attached hydrogens (tertiary/aromatic N) is 3. The predicted octanol–water partition coefficient (Wildman–Crippen LogP) is 2.91. The lowest BCUT2D eigenvalue weighted by molar-refractivity contribution is -0.113. The van der Waals surface area contributed by atoms with Gasteiger partial charge in [-0.3, -0.25) is 14.3 Å². The molecule has 0 radical (unpaired) electrons. The second-order valence-corrected chi connectivity index (χ2v) is 7.59. The minimum Gasteiger partial charge on any atom is -0.325 e. The van der Waals surface area contributed by atoms with E-state index in [1.807, 2.05) is 42.5 Å². The summed E-state index contributed by atoms with van der Waals surface area (Å²) in [4.78, 5) is 33.2. The summed E-state index contributed by atoms with van der Waals surface area (Å²) in [5, 5.41) is 3.55. The molecule has 142 valence electrons. The third-order valence-corrected chi connectivity index (χ3v) is 5.71. The normalized spacial score (nSPS) is 12.6. The van der Waals surface area contributed by atoms with Crippen LogP contribution in [0.15, 0.2) is 64.7 Å². The number of hydrogen-bond donors (Lipinski definition) is 1. The summed E-state index contributed by atoms with van der Waals surface area (Å²) >= 11 is 1.34. The molecule has 0 spiro atoms. The molecule has 2 heterocycles. The summed E-state index contributed by atoms with van der Waals surface area (Å²) in [5.74, 6) is 0.119. The molecule has 1 N–H and O–H groups in total. The molecule has 1 amide bonds. The van der Waals surface area contributed by atoms with Crippen LogP contribution >= 0.6 is 11.8 Å². The molecule has 1 aliphatic carbocycles. The molecule has 0 atom stereocenters. The fraction of sp³-hybridized carbons (Fsp3) is 0.238. The zero-order chi connectivity index (χ0) is 19.3. The van der Waals surface area contributed by atoms with E-state index in [9.17, 15) is 9.59 Å². The first-order valence-corrected chi connectivity index (χ1v) is 10.2. The van der Waals surface area contributed by atoms with Crippen LogP contribution in [-0.4, -0.2) is 26.2 Å². The van der Waals surface area contributed by atoms with Crippen LogP contribution in [0.2, 0.25) is 0 Å².